The lowest BCUT2D eigenvalue weighted by atomic mass is 9.45. The van der Waals surface area contributed by atoms with E-state index in [-0.39, 0.29) is 5.41 Å². The van der Waals surface area contributed by atoms with E-state index < -0.39 is 11.2 Å². The molecule has 0 heterocycles. The highest BCUT2D eigenvalue weighted by molar-refractivity contribution is 5.14. The predicted octanol–water partition coefficient (Wildman–Crippen LogP) is 2.48. The molecule has 4 aliphatic carbocycles. The Morgan fingerprint density at radius 2 is 1.56 bits per heavy atom. The molecule has 4 saturated carbocycles. The summed E-state index contributed by atoms with van der Waals surface area (Å²) in [5, 5.41) is 21.2. The first-order chi connectivity index (χ1) is 7.32. The summed E-state index contributed by atoms with van der Waals surface area (Å²) in [6.07, 6.45) is 6.82. The molecule has 2 N–H and O–H groups in total. The van der Waals surface area contributed by atoms with Crippen LogP contribution in [0.4, 0.5) is 0 Å². The molecule has 0 amide bonds. The molecular formula is C14H24O2. The van der Waals surface area contributed by atoms with E-state index in [1.54, 1.807) is 0 Å². The van der Waals surface area contributed by atoms with E-state index in [0.29, 0.717) is 18.3 Å². The van der Waals surface area contributed by atoms with Gasteiger partial charge in [-0.3, -0.25) is 0 Å². The minimum atomic E-state index is -0.539. The highest BCUT2D eigenvalue weighted by Gasteiger charge is 2.62. The third-order valence-corrected chi connectivity index (χ3v) is 4.97. The van der Waals surface area contributed by atoms with Gasteiger partial charge in [-0.2, -0.15) is 0 Å². The van der Waals surface area contributed by atoms with Crippen LogP contribution in [0.2, 0.25) is 0 Å². The van der Waals surface area contributed by atoms with Gasteiger partial charge in [0.2, 0.25) is 0 Å². The van der Waals surface area contributed by atoms with Crippen molar-refractivity contribution in [2.24, 2.45) is 17.3 Å². The average Bonchev–Trinajstić information content (AvgIpc) is 1.91. The number of hydrogen-bond acceptors (Lipinski definition) is 2. The van der Waals surface area contributed by atoms with E-state index in [1.165, 1.54) is 12.8 Å². The fourth-order valence-electron chi connectivity index (χ4n) is 5.63. The third-order valence-electron chi connectivity index (χ3n) is 4.97. The van der Waals surface area contributed by atoms with Crippen LogP contribution in [0.5, 0.6) is 0 Å². The van der Waals surface area contributed by atoms with E-state index in [0.717, 1.165) is 25.7 Å². The Morgan fingerprint density at radius 3 is 2.00 bits per heavy atom. The lowest BCUT2D eigenvalue weighted by Gasteiger charge is -2.63. The van der Waals surface area contributed by atoms with E-state index >= 15 is 0 Å². The van der Waals surface area contributed by atoms with Crippen molar-refractivity contribution in [3.05, 3.63) is 0 Å². The first-order valence-electron chi connectivity index (χ1n) is 6.77. The van der Waals surface area contributed by atoms with Crippen molar-refractivity contribution in [1.29, 1.82) is 0 Å². The van der Waals surface area contributed by atoms with Gasteiger partial charge >= 0.3 is 0 Å². The molecule has 16 heavy (non-hydrogen) atoms. The maximum Gasteiger partial charge on any atom is 0.0683 e. The standard InChI is InChI=1S/C14H24O2/c1-10(2)3-12-4-11-5-13(15,7-12)9-14(16,6-11)8-12/h10-11,15-16H,3-9H2,1-2H3. The molecule has 0 radical (unpaired) electrons. The third kappa shape index (κ3) is 1.62. The fraction of sp³-hybridized carbons (Fsp3) is 1.00. The molecule has 2 nitrogen and oxygen atoms in total. The second-order valence-corrected chi connectivity index (χ2v) is 7.56. The summed E-state index contributed by atoms with van der Waals surface area (Å²) in [6.45, 7) is 4.51. The van der Waals surface area contributed by atoms with Gasteiger partial charge < -0.3 is 10.2 Å². The first kappa shape index (κ1) is 11.0. The Bertz CT molecular complexity index is 288. The molecule has 0 saturated heterocycles. The zero-order valence-corrected chi connectivity index (χ0v) is 10.5. The minimum Gasteiger partial charge on any atom is -0.390 e. The van der Waals surface area contributed by atoms with E-state index in [1.807, 2.05) is 0 Å². The largest absolute Gasteiger partial charge is 0.390 e. The molecule has 4 aliphatic rings. The van der Waals surface area contributed by atoms with Crippen molar-refractivity contribution < 1.29 is 10.2 Å². The van der Waals surface area contributed by atoms with Crippen molar-refractivity contribution in [2.75, 3.05) is 0 Å². The van der Waals surface area contributed by atoms with Gasteiger partial charge in [-0.05, 0) is 55.8 Å². The quantitative estimate of drug-likeness (QED) is 0.756. The topological polar surface area (TPSA) is 40.5 Å². The Morgan fingerprint density at radius 1 is 1.00 bits per heavy atom. The second-order valence-electron chi connectivity index (χ2n) is 7.56. The Labute approximate surface area is 98.1 Å². The van der Waals surface area contributed by atoms with Crippen LogP contribution in [0.25, 0.3) is 0 Å². The molecule has 4 bridgehead atoms. The highest BCUT2D eigenvalue weighted by Crippen LogP contribution is 2.64. The van der Waals surface area contributed by atoms with Crippen molar-refractivity contribution in [3.8, 4) is 0 Å². The van der Waals surface area contributed by atoms with Gasteiger partial charge in [0.1, 0.15) is 0 Å². The molecule has 2 atom stereocenters. The Hall–Kier alpha value is -0.0800. The smallest absolute Gasteiger partial charge is 0.0683 e. The van der Waals surface area contributed by atoms with E-state index in [9.17, 15) is 10.2 Å². The molecule has 0 aromatic carbocycles. The van der Waals surface area contributed by atoms with Gasteiger partial charge in [-0.15, -0.1) is 0 Å². The summed E-state index contributed by atoms with van der Waals surface area (Å²) in [4.78, 5) is 0. The molecule has 0 aromatic heterocycles. The van der Waals surface area contributed by atoms with Crippen LogP contribution in [-0.2, 0) is 0 Å². The molecule has 4 rings (SSSR count). The molecule has 2 unspecified atom stereocenters. The van der Waals surface area contributed by atoms with Gasteiger partial charge in [0.15, 0.2) is 0 Å². The monoisotopic (exact) mass is 224 g/mol. The van der Waals surface area contributed by atoms with Gasteiger partial charge in [-0.25, -0.2) is 0 Å². The van der Waals surface area contributed by atoms with Crippen LogP contribution in [0.15, 0.2) is 0 Å². The zero-order chi connectivity index (χ0) is 11.6. The number of aliphatic hydroxyl groups is 2. The summed E-state index contributed by atoms with van der Waals surface area (Å²) in [7, 11) is 0. The summed E-state index contributed by atoms with van der Waals surface area (Å²) in [5.74, 6) is 1.24. The van der Waals surface area contributed by atoms with Crippen molar-refractivity contribution in [1.82, 2.24) is 0 Å². The molecule has 0 aromatic rings. The Kier molecular flexibility index (Phi) is 2.09. The molecular weight excluding hydrogens is 200 g/mol. The maximum atomic E-state index is 10.6. The molecule has 92 valence electrons. The van der Waals surface area contributed by atoms with Crippen LogP contribution in [0, 0.1) is 17.3 Å². The zero-order valence-electron chi connectivity index (χ0n) is 10.5. The lowest BCUT2D eigenvalue weighted by molar-refractivity contribution is -0.233. The summed E-state index contributed by atoms with van der Waals surface area (Å²) >= 11 is 0. The molecule has 4 fully saturated rings. The Balaban J connectivity index is 1.92. The van der Waals surface area contributed by atoms with Gasteiger partial charge in [-0.1, -0.05) is 13.8 Å². The van der Waals surface area contributed by atoms with Crippen LogP contribution in [0.3, 0.4) is 0 Å². The highest BCUT2D eigenvalue weighted by atomic mass is 16.3. The lowest BCUT2D eigenvalue weighted by Crippen LogP contribution is -2.63. The van der Waals surface area contributed by atoms with E-state index in [4.69, 9.17) is 0 Å². The van der Waals surface area contributed by atoms with Gasteiger partial charge in [0, 0.05) is 6.42 Å². The normalized spacial score (nSPS) is 54.9. The van der Waals surface area contributed by atoms with E-state index in [2.05, 4.69) is 13.8 Å². The fourth-order valence-corrected chi connectivity index (χ4v) is 5.63. The van der Waals surface area contributed by atoms with Crippen molar-refractivity contribution in [2.45, 2.75) is 70.0 Å². The average molecular weight is 224 g/mol. The first-order valence-corrected chi connectivity index (χ1v) is 6.77. The maximum absolute atomic E-state index is 10.6. The van der Waals surface area contributed by atoms with Crippen molar-refractivity contribution >= 4 is 0 Å². The van der Waals surface area contributed by atoms with Crippen LogP contribution in [-0.4, -0.2) is 21.4 Å². The second kappa shape index (κ2) is 3.02. The van der Waals surface area contributed by atoms with Gasteiger partial charge in [0.05, 0.1) is 11.2 Å². The minimum absolute atomic E-state index is 0.247. The van der Waals surface area contributed by atoms with Crippen molar-refractivity contribution in [3.63, 3.8) is 0 Å². The van der Waals surface area contributed by atoms with Crippen LogP contribution < -0.4 is 0 Å². The molecule has 0 aliphatic heterocycles. The number of rotatable bonds is 2. The SMILES string of the molecule is CC(C)CC12CC3CC(O)(CC(O)(C3)C1)C2. The predicted molar refractivity (Wildman–Crippen MR) is 63.0 cm³/mol. The summed E-state index contributed by atoms with van der Waals surface area (Å²) in [6, 6.07) is 0. The van der Waals surface area contributed by atoms with Crippen LogP contribution in [0.1, 0.15) is 58.8 Å². The van der Waals surface area contributed by atoms with Crippen LogP contribution >= 0.6 is 0 Å². The summed E-state index contributed by atoms with van der Waals surface area (Å²) in [5.41, 5.74) is -0.830. The summed E-state index contributed by atoms with van der Waals surface area (Å²) < 4.78 is 0. The molecule has 0 spiro atoms. The number of hydrogen-bond donors (Lipinski definition) is 2. The van der Waals surface area contributed by atoms with Gasteiger partial charge in [0.25, 0.3) is 0 Å². The molecule has 2 heteroatoms.